The van der Waals surface area contributed by atoms with Crippen molar-refractivity contribution < 1.29 is 5.11 Å². The van der Waals surface area contributed by atoms with Gasteiger partial charge in [0.2, 0.25) is 0 Å². The lowest BCUT2D eigenvalue weighted by Gasteiger charge is -2.18. The van der Waals surface area contributed by atoms with Gasteiger partial charge in [0.1, 0.15) is 0 Å². The van der Waals surface area contributed by atoms with Crippen molar-refractivity contribution in [3.05, 3.63) is 33.3 Å². The Kier molecular flexibility index (Phi) is 5.98. The van der Waals surface area contributed by atoms with Gasteiger partial charge >= 0.3 is 0 Å². The van der Waals surface area contributed by atoms with Gasteiger partial charge in [-0.1, -0.05) is 38.4 Å². The van der Waals surface area contributed by atoms with Crippen molar-refractivity contribution in [2.24, 2.45) is 11.8 Å². The largest absolute Gasteiger partial charge is 0.388 e. The highest BCUT2D eigenvalue weighted by Gasteiger charge is 2.14. The van der Waals surface area contributed by atoms with Crippen LogP contribution in [-0.2, 0) is 0 Å². The van der Waals surface area contributed by atoms with E-state index in [1.165, 1.54) is 0 Å². The molecule has 0 bridgehead atoms. The summed E-state index contributed by atoms with van der Waals surface area (Å²) in [5.74, 6) is 1.20. The molecular weight excluding hydrogens is 300 g/mol. The van der Waals surface area contributed by atoms with E-state index in [-0.39, 0.29) is 0 Å². The zero-order valence-electron chi connectivity index (χ0n) is 10.6. The minimum Gasteiger partial charge on any atom is -0.388 e. The molecule has 3 heteroatoms. The van der Waals surface area contributed by atoms with Gasteiger partial charge in [-0.25, -0.2) is 0 Å². The van der Waals surface area contributed by atoms with Crippen LogP contribution in [0.3, 0.4) is 0 Å². The number of aliphatic hydroxyl groups is 1. The fourth-order valence-electron chi connectivity index (χ4n) is 2.14. The maximum Gasteiger partial charge on any atom is 0.0793 e. The second-order valence-corrected chi connectivity index (χ2v) is 6.42. The number of halogens is 2. The second kappa shape index (κ2) is 6.77. The summed E-state index contributed by atoms with van der Waals surface area (Å²) in [5, 5.41) is 10.8. The molecule has 1 N–H and O–H groups in total. The van der Waals surface area contributed by atoms with Crippen molar-refractivity contribution in [1.29, 1.82) is 0 Å². The highest BCUT2D eigenvalue weighted by Crippen LogP contribution is 2.30. The van der Waals surface area contributed by atoms with E-state index in [4.69, 9.17) is 11.6 Å². The first kappa shape index (κ1) is 15.0. The third-order valence-electron chi connectivity index (χ3n) is 2.83. The van der Waals surface area contributed by atoms with E-state index in [0.717, 1.165) is 22.9 Å². The third kappa shape index (κ3) is 4.99. The monoisotopic (exact) mass is 318 g/mol. The number of hydrogen-bond acceptors (Lipinski definition) is 1. The van der Waals surface area contributed by atoms with E-state index in [0.29, 0.717) is 16.9 Å². The SMILES string of the molecule is CC(C)CC(C)CC(O)c1ccc(Cl)c(Br)c1. The number of hydrogen-bond donors (Lipinski definition) is 1. The van der Waals surface area contributed by atoms with Gasteiger partial charge in [-0.05, 0) is 58.3 Å². The Balaban J connectivity index is 2.63. The molecule has 2 atom stereocenters. The molecule has 0 heterocycles. The Labute approximate surface area is 117 Å². The molecule has 0 spiro atoms. The molecule has 2 unspecified atom stereocenters. The Morgan fingerprint density at radius 3 is 2.41 bits per heavy atom. The molecule has 0 aromatic heterocycles. The number of rotatable bonds is 5. The van der Waals surface area contributed by atoms with E-state index in [1.54, 1.807) is 0 Å². The van der Waals surface area contributed by atoms with Gasteiger partial charge in [0.05, 0.1) is 11.1 Å². The predicted molar refractivity (Wildman–Crippen MR) is 77.3 cm³/mol. The van der Waals surface area contributed by atoms with Crippen LogP contribution in [0.25, 0.3) is 0 Å². The summed E-state index contributed by atoms with van der Waals surface area (Å²) in [4.78, 5) is 0. The van der Waals surface area contributed by atoms with Crippen LogP contribution in [0, 0.1) is 11.8 Å². The molecule has 0 saturated heterocycles. The quantitative estimate of drug-likeness (QED) is 0.790. The molecule has 0 radical (unpaired) electrons. The zero-order chi connectivity index (χ0) is 13.0. The lowest BCUT2D eigenvalue weighted by Crippen LogP contribution is -2.07. The highest BCUT2D eigenvalue weighted by molar-refractivity contribution is 9.10. The number of aliphatic hydroxyl groups excluding tert-OH is 1. The van der Waals surface area contributed by atoms with Crippen molar-refractivity contribution in [2.45, 2.75) is 39.7 Å². The molecule has 17 heavy (non-hydrogen) atoms. The first-order chi connectivity index (χ1) is 7.90. The fraction of sp³-hybridized carbons (Fsp3) is 0.571. The summed E-state index contributed by atoms with van der Waals surface area (Å²) in [6.45, 7) is 6.61. The average molecular weight is 320 g/mol. The first-order valence-corrected chi connectivity index (χ1v) is 7.20. The molecule has 0 aliphatic carbocycles. The summed E-state index contributed by atoms with van der Waals surface area (Å²) in [6.07, 6.45) is 1.54. The van der Waals surface area contributed by atoms with Crippen molar-refractivity contribution >= 4 is 27.5 Å². The predicted octanol–water partition coefficient (Wildman–Crippen LogP) is 5.21. The summed E-state index contributed by atoms with van der Waals surface area (Å²) < 4.78 is 0.840. The van der Waals surface area contributed by atoms with E-state index in [9.17, 15) is 5.11 Å². The molecule has 0 saturated carbocycles. The highest BCUT2D eigenvalue weighted by atomic mass is 79.9. The van der Waals surface area contributed by atoms with Crippen LogP contribution in [0.15, 0.2) is 22.7 Å². The molecule has 0 aliphatic heterocycles. The molecule has 1 nitrogen and oxygen atoms in total. The van der Waals surface area contributed by atoms with Gasteiger partial charge in [0.15, 0.2) is 0 Å². The lowest BCUT2D eigenvalue weighted by molar-refractivity contribution is 0.142. The molecule has 0 amide bonds. The van der Waals surface area contributed by atoms with E-state index >= 15 is 0 Å². The van der Waals surface area contributed by atoms with E-state index < -0.39 is 6.10 Å². The van der Waals surface area contributed by atoms with Crippen LogP contribution in [0.2, 0.25) is 5.02 Å². The second-order valence-electron chi connectivity index (χ2n) is 5.16. The first-order valence-electron chi connectivity index (χ1n) is 6.03. The van der Waals surface area contributed by atoms with E-state index in [1.807, 2.05) is 18.2 Å². The van der Waals surface area contributed by atoms with Gasteiger partial charge in [-0.3, -0.25) is 0 Å². The Morgan fingerprint density at radius 1 is 1.24 bits per heavy atom. The Morgan fingerprint density at radius 2 is 1.88 bits per heavy atom. The fourth-order valence-corrected chi connectivity index (χ4v) is 2.65. The molecule has 0 aliphatic rings. The molecule has 96 valence electrons. The zero-order valence-corrected chi connectivity index (χ0v) is 12.9. The lowest BCUT2D eigenvalue weighted by atomic mass is 9.91. The minimum atomic E-state index is -0.405. The van der Waals surface area contributed by atoms with Crippen LogP contribution >= 0.6 is 27.5 Å². The standard InChI is InChI=1S/C14H20BrClO/c1-9(2)6-10(3)7-14(17)11-4-5-13(16)12(15)8-11/h4-5,8-10,14,17H,6-7H2,1-3H3. The summed E-state index contributed by atoms with van der Waals surface area (Å²) in [7, 11) is 0. The minimum absolute atomic E-state index is 0.405. The normalized spacial score (nSPS) is 15.0. The molecular formula is C14H20BrClO. The van der Waals surface area contributed by atoms with Crippen LogP contribution in [0.4, 0.5) is 0 Å². The van der Waals surface area contributed by atoms with Crippen molar-refractivity contribution in [3.8, 4) is 0 Å². The maximum absolute atomic E-state index is 10.2. The Bertz CT molecular complexity index is 365. The van der Waals surface area contributed by atoms with E-state index in [2.05, 4.69) is 36.7 Å². The molecule has 0 fully saturated rings. The molecule has 1 aromatic rings. The van der Waals surface area contributed by atoms with Crippen molar-refractivity contribution in [3.63, 3.8) is 0 Å². The van der Waals surface area contributed by atoms with Gasteiger partial charge in [0, 0.05) is 4.47 Å². The van der Waals surface area contributed by atoms with Crippen LogP contribution < -0.4 is 0 Å². The van der Waals surface area contributed by atoms with Gasteiger partial charge in [-0.15, -0.1) is 0 Å². The molecule has 1 rings (SSSR count). The van der Waals surface area contributed by atoms with Crippen molar-refractivity contribution in [1.82, 2.24) is 0 Å². The average Bonchev–Trinajstić information content (AvgIpc) is 2.20. The van der Waals surface area contributed by atoms with Crippen molar-refractivity contribution in [2.75, 3.05) is 0 Å². The Hall–Kier alpha value is -0.0500. The maximum atomic E-state index is 10.2. The third-order valence-corrected chi connectivity index (χ3v) is 4.04. The van der Waals surface area contributed by atoms with Gasteiger partial charge < -0.3 is 5.11 Å². The van der Waals surface area contributed by atoms with Gasteiger partial charge in [0.25, 0.3) is 0 Å². The summed E-state index contributed by atoms with van der Waals surface area (Å²) >= 11 is 9.31. The van der Waals surface area contributed by atoms with Gasteiger partial charge in [-0.2, -0.15) is 0 Å². The number of benzene rings is 1. The van der Waals surface area contributed by atoms with Crippen LogP contribution in [-0.4, -0.2) is 5.11 Å². The van der Waals surface area contributed by atoms with Crippen LogP contribution in [0.5, 0.6) is 0 Å². The summed E-state index contributed by atoms with van der Waals surface area (Å²) in [5.41, 5.74) is 0.928. The topological polar surface area (TPSA) is 20.2 Å². The molecule has 1 aromatic carbocycles. The smallest absolute Gasteiger partial charge is 0.0793 e. The summed E-state index contributed by atoms with van der Waals surface area (Å²) in [6, 6.07) is 5.60. The van der Waals surface area contributed by atoms with Crippen LogP contribution in [0.1, 0.15) is 45.3 Å².